The molecule has 1 nitrogen and oxygen atoms in total. The minimum Gasteiger partial charge on any atom is -0.319 e. The van der Waals surface area contributed by atoms with Crippen molar-refractivity contribution in [2.45, 2.75) is 25.3 Å². The van der Waals surface area contributed by atoms with Crippen LogP contribution in [0, 0.1) is 18.6 Å². The lowest BCUT2D eigenvalue weighted by Crippen LogP contribution is -2.40. The van der Waals surface area contributed by atoms with Crippen molar-refractivity contribution >= 4 is 0 Å². The van der Waals surface area contributed by atoms with Crippen molar-refractivity contribution in [1.82, 2.24) is 0 Å². The molecule has 1 rings (SSSR count). The monoisotopic (exact) mass is 257 g/mol. The summed E-state index contributed by atoms with van der Waals surface area (Å²) in [5.74, 6) is -6.85. The van der Waals surface area contributed by atoms with E-state index < -0.39 is 35.6 Å². The molecule has 0 aliphatic heterocycles. The maximum atomic E-state index is 13.2. The molecule has 0 radical (unpaired) electrons. The maximum Gasteiger partial charge on any atom is 0.326 e. The van der Waals surface area contributed by atoms with Gasteiger partial charge in [-0.1, -0.05) is 0 Å². The van der Waals surface area contributed by atoms with E-state index in [4.69, 9.17) is 5.73 Å². The Labute approximate surface area is 93.2 Å². The van der Waals surface area contributed by atoms with Crippen LogP contribution >= 0.6 is 0 Å². The van der Waals surface area contributed by atoms with Crippen LogP contribution in [0.2, 0.25) is 0 Å². The second-order valence-electron chi connectivity index (χ2n) is 3.58. The van der Waals surface area contributed by atoms with Crippen LogP contribution in [-0.2, 0) is 0 Å². The molecule has 0 saturated heterocycles. The molecule has 1 aromatic carbocycles. The van der Waals surface area contributed by atoms with Crippen LogP contribution < -0.4 is 5.73 Å². The van der Waals surface area contributed by atoms with E-state index in [1.165, 1.54) is 6.92 Å². The van der Waals surface area contributed by atoms with Crippen LogP contribution in [0.3, 0.4) is 0 Å². The van der Waals surface area contributed by atoms with Crippen LogP contribution in [0.5, 0.6) is 0 Å². The standard InChI is InChI=1S/C10H9F6N/c1-4-2-7(12)5(3-6(4)11)8(17)10(15,16)9(13)14/h2-3,8-9H,17H2,1H3. The van der Waals surface area contributed by atoms with Crippen LogP contribution in [0.15, 0.2) is 12.1 Å². The van der Waals surface area contributed by atoms with Crippen LogP contribution in [0.25, 0.3) is 0 Å². The van der Waals surface area contributed by atoms with Crippen LogP contribution in [-0.4, -0.2) is 12.3 Å². The Bertz CT molecular complexity index is 418. The molecule has 1 atom stereocenters. The van der Waals surface area contributed by atoms with Crippen molar-refractivity contribution in [3.63, 3.8) is 0 Å². The number of halogens is 6. The SMILES string of the molecule is Cc1cc(F)c(C(N)C(F)(F)C(F)F)cc1F. The predicted octanol–water partition coefficient (Wildman–Crippen LogP) is 3.17. The topological polar surface area (TPSA) is 26.0 Å². The summed E-state index contributed by atoms with van der Waals surface area (Å²) >= 11 is 0. The van der Waals surface area contributed by atoms with E-state index in [2.05, 4.69) is 0 Å². The van der Waals surface area contributed by atoms with Crippen molar-refractivity contribution in [3.05, 3.63) is 34.9 Å². The van der Waals surface area contributed by atoms with E-state index in [1.807, 2.05) is 0 Å². The summed E-state index contributed by atoms with van der Waals surface area (Å²) in [6.45, 7) is 1.21. The lowest BCUT2D eigenvalue weighted by atomic mass is 9.99. The van der Waals surface area contributed by atoms with Gasteiger partial charge in [0.05, 0.1) is 0 Å². The summed E-state index contributed by atoms with van der Waals surface area (Å²) in [7, 11) is 0. The van der Waals surface area contributed by atoms with Crippen molar-refractivity contribution in [2.75, 3.05) is 0 Å². The normalized spacial score (nSPS) is 14.2. The van der Waals surface area contributed by atoms with Crippen molar-refractivity contribution < 1.29 is 26.3 Å². The number of hydrogen-bond donors (Lipinski definition) is 1. The maximum absolute atomic E-state index is 13.2. The Morgan fingerprint density at radius 2 is 1.65 bits per heavy atom. The molecule has 0 aromatic heterocycles. The molecule has 1 unspecified atom stereocenters. The molecule has 2 N–H and O–H groups in total. The van der Waals surface area contributed by atoms with Gasteiger partial charge in [0.25, 0.3) is 0 Å². The lowest BCUT2D eigenvalue weighted by molar-refractivity contribution is -0.145. The molecule has 0 spiro atoms. The molecule has 17 heavy (non-hydrogen) atoms. The number of nitrogens with two attached hydrogens (primary N) is 1. The lowest BCUT2D eigenvalue weighted by Gasteiger charge is -2.23. The van der Waals surface area contributed by atoms with Gasteiger partial charge in [-0.2, -0.15) is 8.78 Å². The summed E-state index contributed by atoms with van der Waals surface area (Å²) in [6.07, 6.45) is -4.05. The van der Waals surface area contributed by atoms with Crippen LogP contribution in [0.4, 0.5) is 26.3 Å². The number of alkyl halides is 4. The average Bonchev–Trinajstić information content (AvgIpc) is 2.22. The third-order valence-corrected chi connectivity index (χ3v) is 2.32. The van der Waals surface area contributed by atoms with Gasteiger partial charge in [0.1, 0.15) is 17.7 Å². The minimum absolute atomic E-state index is 0.126. The highest BCUT2D eigenvalue weighted by Crippen LogP contribution is 2.36. The quantitative estimate of drug-likeness (QED) is 0.827. The first-order valence-electron chi connectivity index (χ1n) is 4.55. The van der Waals surface area contributed by atoms with Gasteiger partial charge in [0, 0.05) is 5.56 Å². The van der Waals surface area contributed by atoms with E-state index >= 15 is 0 Å². The van der Waals surface area contributed by atoms with E-state index in [1.54, 1.807) is 0 Å². The largest absolute Gasteiger partial charge is 0.326 e. The number of aryl methyl sites for hydroxylation is 1. The van der Waals surface area contributed by atoms with Gasteiger partial charge in [0.2, 0.25) is 0 Å². The predicted molar refractivity (Wildman–Crippen MR) is 49.0 cm³/mol. The Balaban J connectivity index is 3.21. The molecular formula is C10H9F6N. The first kappa shape index (κ1) is 13.8. The Morgan fingerprint density at radius 3 is 2.12 bits per heavy atom. The zero-order valence-electron chi connectivity index (χ0n) is 8.65. The smallest absolute Gasteiger partial charge is 0.319 e. The van der Waals surface area contributed by atoms with Gasteiger partial charge in [-0.15, -0.1) is 0 Å². The molecule has 7 heteroatoms. The summed E-state index contributed by atoms with van der Waals surface area (Å²) < 4.78 is 76.1. The fourth-order valence-corrected chi connectivity index (χ4v) is 1.24. The van der Waals surface area contributed by atoms with E-state index in [0.29, 0.717) is 12.1 Å². The van der Waals surface area contributed by atoms with E-state index in [-0.39, 0.29) is 5.56 Å². The first-order valence-corrected chi connectivity index (χ1v) is 4.55. The number of hydrogen-bond acceptors (Lipinski definition) is 1. The highest BCUT2D eigenvalue weighted by molar-refractivity contribution is 5.29. The minimum atomic E-state index is -4.62. The highest BCUT2D eigenvalue weighted by atomic mass is 19.3. The second-order valence-corrected chi connectivity index (χ2v) is 3.58. The van der Waals surface area contributed by atoms with E-state index in [9.17, 15) is 26.3 Å². The van der Waals surface area contributed by atoms with Gasteiger partial charge in [-0.3, -0.25) is 0 Å². The Morgan fingerprint density at radius 1 is 1.12 bits per heavy atom. The molecule has 0 fully saturated rings. The molecule has 0 bridgehead atoms. The fraction of sp³-hybridized carbons (Fsp3) is 0.400. The zero-order chi connectivity index (χ0) is 13.4. The average molecular weight is 257 g/mol. The summed E-state index contributed by atoms with van der Waals surface area (Å²) in [6, 6.07) is -1.56. The number of rotatable bonds is 3. The summed E-state index contributed by atoms with van der Waals surface area (Å²) in [5, 5.41) is 0. The molecule has 0 aliphatic carbocycles. The van der Waals surface area contributed by atoms with Crippen molar-refractivity contribution in [1.29, 1.82) is 0 Å². The third-order valence-electron chi connectivity index (χ3n) is 2.32. The van der Waals surface area contributed by atoms with Gasteiger partial charge in [-0.05, 0) is 24.6 Å². The molecule has 0 aliphatic rings. The molecule has 0 heterocycles. The summed E-state index contributed by atoms with van der Waals surface area (Å²) in [5.41, 5.74) is 3.76. The molecular weight excluding hydrogens is 248 g/mol. The Hall–Kier alpha value is -1.24. The van der Waals surface area contributed by atoms with Crippen LogP contribution in [0.1, 0.15) is 17.2 Å². The second kappa shape index (κ2) is 4.56. The summed E-state index contributed by atoms with van der Waals surface area (Å²) in [4.78, 5) is 0. The molecule has 0 amide bonds. The molecule has 0 saturated carbocycles. The van der Waals surface area contributed by atoms with Gasteiger partial charge in [-0.25, -0.2) is 17.6 Å². The Kier molecular flexibility index (Phi) is 3.71. The van der Waals surface area contributed by atoms with Gasteiger partial charge < -0.3 is 5.73 Å². The van der Waals surface area contributed by atoms with E-state index in [0.717, 1.165) is 0 Å². The highest BCUT2D eigenvalue weighted by Gasteiger charge is 2.48. The number of benzene rings is 1. The van der Waals surface area contributed by atoms with Gasteiger partial charge in [0.15, 0.2) is 0 Å². The third kappa shape index (κ3) is 2.54. The van der Waals surface area contributed by atoms with Crippen molar-refractivity contribution in [3.8, 4) is 0 Å². The first-order chi connectivity index (χ1) is 7.67. The zero-order valence-corrected chi connectivity index (χ0v) is 8.65. The fourth-order valence-electron chi connectivity index (χ4n) is 1.24. The molecule has 96 valence electrons. The molecule has 1 aromatic rings. The van der Waals surface area contributed by atoms with Gasteiger partial charge >= 0.3 is 12.3 Å². The van der Waals surface area contributed by atoms with Crippen molar-refractivity contribution in [2.24, 2.45) is 5.73 Å².